The van der Waals surface area contributed by atoms with Gasteiger partial charge in [-0.3, -0.25) is 14.4 Å². The fourth-order valence-electron chi connectivity index (χ4n) is 3.98. The number of hydrogen-bond acceptors (Lipinski definition) is 4. The molecule has 1 aliphatic carbocycles. The van der Waals surface area contributed by atoms with Crippen molar-refractivity contribution < 1.29 is 19.1 Å². The minimum atomic E-state index is -0.532. The first-order valence-corrected chi connectivity index (χ1v) is 11.1. The van der Waals surface area contributed by atoms with Crippen LogP contribution in [0.15, 0.2) is 35.5 Å². The molecule has 3 rings (SSSR count). The number of benzene rings is 1. The molecule has 1 fully saturated rings. The minimum absolute atomic E-state index is 0.0534. The molecule has 2 aliphatic rings. The quantitative estimate of drug-likeness (QED) is 0.657. The van der Waals surface area contributed by atoms with Crippen LogP contribution < -0.4 is 10.1 Å². The molecular formula is C24H33N3O4. The fourth-order valence-corrected chi connectivity index (χ4v) is 3.98. The van der Waals surface area contributed by atoms with Crippen molar-refractivity contribution in [2.24, 2.45) is 5.92 Å². The molecule has 1 aromatic carbocycles. The van der Waals surface area contributed by atoms with Crippen LogP contribution in [0.5, 0.6) is 5.75 Å². The fraction of sp³-hybridized carbons (Fsp3) is 0.542. The molecule has 7 nitrogen and oxygen atoms in total. The summed E-state index contributed by atoms with van der Waals surface area (Å²) in [7, 11) is 1.61. The molecule has 1 atom stereocenters. The Morgan fingerprint density at radius 3 is 2.35 bits per heavy atom. The highest BCUT2D eigenvalue weighted by atomic mass is 16.5. The van der Waals surface area contributed by atoms with Gasteiger partial charge in [0.1, 0.15) is 5.75 Å². The summed E-state index contributed by atoms with van der Waals surface area (Å²) >= 11 is 0. The van der Waals surface area contributed by atoms with Crippen LogP contribution in [0, 0.1) is 5.92 Å². The molecule has 31 heavy (non-hydrogen) atoms. The molecular weight excluding hydrogens is 394 g/mol. The van der Waals surface area contributed by atoms with E-state index in [0.717, 1.165) is 24.2 Å². The summed E-state index contributed by atoms with van der Waals surface area (Å²) < 4.78 is 5.21. The van der Waals surface area contributed by atoms with Gasteiger partial charge in [0.2, 0.25) is 11.8 Å². The first-order valence-electron chi connectivity index (χ1n) is 11.1. The molecule has 7 heteroatoms. The average molecular weight is 428 g/mol. The van der Waals surface area contributed by atoms with Crippen molar-refractivity contribution >= 4 is 17.7 Å². The van der Waals surface area contributed by atoms with Crippen molar-refractivity contribution in [1.29, 1.82) is 0 Å². The predicted octanol–water partition coefficient (Wildman–Crippen LogP) is 2.85. The van der Waals surface area contributed by atoms with Gasteiger partial charge >= 0.3 is 0 Å². The summed E-state index contributed by atoms with van der Waals surface area (Å²) in [4.78, 5) is 42.4. The van der Waals surface area contributed by atoms with Crippen molar-refractivity contribution in [2.75, 3.05) is 20.2 Å². The second-order valence-corrected chi connectivity index (χ2v) is 8.26. The third-order valence-electron chi connectivity index (χ3n) is 6.09. The molecule has 1 aliphatic heterocycles. The highest BCUT2D eigenvalue weighted by Crippen LogP contribution is 2.32. The molecule has 1 heterocycles. The Labute approximate surface area is 184 Å². The Hall–Kier alpha value is -2.83. The second-order valence-electron chi connectivity index (χ2n) is 8.26. The zero-order valence-corrected chi connectivity index (χ0v) is 18.9. The highest BCUT2D eigenvalue weighted by molar-refractivity contribution is 5.98. The molecule has 0 saturated heterocycles. The average Bonchev–Trinajstić information content (AvgIpc) is 3.58. The Morgan fingerprint density at radius 1 is 1.16 bits per heavy atom. The molecule has 1 unspecified atom stereocenters. The Balaban J connectivity index is 1.87. The van der Waals surface area contributed by atoms with Gasteiger partial charge in [-0.2, -0.15) is 0 Å². The van der Waals surface area contributed by atoms with Crippen LogP contribution in [0.4, 0.5) is 0 Å². The normalized spacial score (nSPS) is 18.8. The molecule has 3 amide bonds. The Kier molecular flexibility index (Phi) is 7.36. The Bertz CT molecular complexity index is 854. The molecule has 1 N–H and O–H groups in total. The van der Waals surface area contributed by atoms with Crippen molar-refractivity contribution in [3.8, 4) is 5.75 Å². The van der Waals surface area contributed by atoms with E-state index in [1.807, 2.05) is 45.0 Å². The molecule has 0 spiro atoms. The van der Waals surface area contributed by atoms with E-state index in [-0.39, 0.29) is 30.2 Å². The van der Waals surface area contributed by atoms with E-state index in [2.05, 4.69) is 5.32 Å². The number of nitrogens with zero attached hydrogens (tertiary/aromatic N) is 2. The van der Waals surface area contributed by atoms with Gasteiger partial charge in [0.15, 0.2) is 0 Å². The van der Waals surface area contributed by atoms with Gasteiger partial charge in [-0.25, -0.2) is 0 Å². The number of nitrogens with one attached hydrogen (secondary N) is 1. The standard InChI is InChI=1S/C24H33N3O4/c1-5-26(6-2)24(30)21-13-18(14-22(28)25-19-9-10-19)23(29)27(16(21)3)15-17-7-11-20(31-4)12-8-17/h7-8,11-12,18-19H,5-6,9-10,13-15H2,1-4H3,(H,25,28). The number of allylic oxidation sites excluding steroid dienone is 1. The van der Waals surface area contributed by atoms with Crippen molar-refractivity contribution in [2.45, 2.75) is 59.0 Å². The molecule has 0 bridgehead atoms. The van der Waals surface area contributed by atoms with Crippen LogP contribution in [0.1, 0.15) is 52.0 Å². The SMILES string of the molecule is CCN(CC)C(=O)C1=C(C)N(Cc2ccc(OC)cc2)C(=O)C(CC(=O)NC2CC2)C1. The maximum atomic E-state index is 13.3. The van der Waals surface area contributed by atoms with Crippen LogP contribution in [-0.4, -0.2) is 53.8 Å². The van der Waals surface area contributed by atoms with Crippen LogP contribution in [0.3, 0.4) is 0 Å². The number of amides is 3. The minimum Gasteiger partial charge on any atom is -0.497 e. The topological polar surface area (TPSA) is 79.0 Å². The lowest BCUT2D eigenvalue weighted by Crippen LogP contribution is -2.44. The molecule has 1 saturated carbocycles. The predicted molar refractivity (Wildman–Crippen MR) is 118 cm³/mol. The smallest absolute Gasteiger partial charge is 0.251 e. The molecule has 0 aromatic heterocycles. The lowest BCUT2D eigenvalue weighted by atomic mass is 9.88. The highest BCUT2D eigenvalue weighted by Gasteiger charge is 2.38. The first-order chi connectivity index (χ1) is 14.9. The van der Waals surface area contributed by atoms with Crippen LogP contribution in [-0.2, 0) is 20.9 Å². The van der Waals surface area contributed by atoms with E-state index in [0.29, 0.717) is 37.3 Å². The van der Waals surface area contributed by atoms with Gasteiger partial charge in [0.05, 0.1) is 19.6 Å². The third-order valence-corrected chi connectivity index (χ3v) is 6.09. The number of rotatable bonds is 9. The van der Waals surface area contributed by atoms with Crippen LogP contribution >= 0.6 is 0 Å². The maximum absolute atomic E-state index is 13.3. The van der Waals surface area contributed by atoms with E-state index in [1.165, 1.54) is 0 Å². The van der Waals surface area contributed by atoms with Crippen molar-refractivity contribution in [3.63, 3.8) is 0 Å². The monoisotopic (exact) mass is 427 g/mol. The number of likely N-dealkylation sites (N-methyl/N-ethyl adjacent to an activating group) is 1. The number of ether oxygens (including phenoxy) is 1. The van der Waals surface area contributed by atoms with Gasteiger partial charge in [-0.15, -0.1) is 0 Å². The van der Waals surface area contributed by atoms with E-state index < -0.39 is 5.92 Å². The van der Waals surface area contributed by atoms with Crippen LogP contribution in [0.2, 0.25) is 0 Å². The maximum Gasteiger partial charge on any atom is 0.251 e. The van der Waals surface area contributed by atoms with Crippen LogP contribution in [0.25, 0.3) is 0 Å². The molecule has 168 valence electrons. The first kappa shape index (κ1) is 22.8. The van der Waals surface area contributed by atoms with Gasteiger partial charge < -0.3 is 19.9 Å². The Morgan fingerprint density at radius 2 is 1.81 bits per heavy atom. The second kappa shape index (κ2) is 9.98. The summed E-state index contributed by atoms with van der Waals surface area (Å²) in [6, 6.07) is 7.77. The van der Waals surface area contributed by atoms with E-state index in [1.54, 1.807) is 16.9 Å². The number of carbonyl (C=O) groups excluding carboxylic acids is 3. The zero-order chi connectivity index (χ0) is 22.5. The largest absolute Gasteiger partial charge is 0.497 e. The van der Waals surface area contributed by atoms with Crippen molar-refractivity contribution in [1.82, 2.24) is 15.1 Å². The van der Waals surface area contributed by atoms with Gasteiger partial charge in [0.25, 0.3) is 5.91 Å². The van der Waals surface area contributed by atoms with Gasteiger partial charge in [-0.05, 0) is 57.7 Å². The summed E-state index contributed by atoms with van der Waals surface area (Å²) in [5.74, 6) is -0.0552. The molecule has 1 aromatic rings. The summed E-state index contributed by atoms with van der Waals surface area (Å²) in [6.45, 7) is 7.28. The van der Waals surface area contributed by atoms with Gasteiger partial charge in [0, 0.05) is 36.8 Å². The number of hydrogen-bond donors (Lipinski definition) is 1. The van der Waals surface area contributed by atoms with E-state index >= 15 is 0 Å². The lowest BCUT2D eigenvalue weighted by molar-refractivity contribution is -0.139. The third kappa shape index (κ3) is 5.46. The number of carbonyl (C=O) groups is 3. The summed E-state index contributed by atoms with van der Waals surface area (Å²) in [5, 5.41) is 2.96. The van der Waals surface area contributed by atoms with Crippen molar-refractivity contribution in [3.05, 3.63) is 41.1 Å². The van der Waals surface area contributed by atoms with E-state index in [4.69, 9.17) is 4.74 Å². The summed E-state index contributed by atoms with van der Waals surface area (Å²) in [6.07, 6.45) is 2.41. The summed E-state index contributed by atoms with van der Waals surface area (Å²) in [5.41, 5.74) is 2.24. The number of methoxy groups -OCH3 is 1. The molecule has 0 radical (unpaired) electrons. The van der Waals surface area contributed by atoms with E-state index in [9.17, 15) is 14.4 Å². The lowest BCUT2D eigenvalue weighted by Gasteiger charge is -2.36. The van der Waals surface area contributed by atoms with Gasteiger partial charge in [-0.1, -0.05) is 12.1 Å². The zero-order valence-electron chi connectivity index (χ0n) is 18.9.